The minimum absolute atomic E-state index is 1.15. The Morgan fingerprint density at radius 2 is 1.67 bits per heavy atom. The van der Waals surface area contributed by atoms with Gasteiger partial charge in [0, 0.05) is 6.42 Å². The van der Waals surface area contributed by atoms with Gasteiger partial charge in [-0.15, -0.1) is 0 Å². The van der Waals surface area contributed by atoms with Crippen molar-refractivity contribution in [2.75, 3.05) is 7.11 Å². The third-order valence-electron chi connectivity index (χ3n) is 2.51. The Kier molecular flexibility index (Phi) is 4.89. The lowest BCUT2D eigenvalue weighted by Gasteiger charge is -2.08. The van der Waals surface area contributed by atoms with E-state index in [0.29, 0.717) is 0 Å². The lowest BCUT2D eigenvalue weighted by Crippen LogP contribution is -1.90. The molecule has 0 N–H and O–H groups in total. The monoisotopic (exact) mass is 168 g/mol. The number of ether oxygens (including phenoxy) is 1. The maximum Gasteiger partial charge on any atom is 0.0915 e. The molecule has 0 unspecified atom stereocenters. The highest BCUT2D eigenvalue weighted by Crippen LogP contribution is 2.16. The highest BCUT2D eigenvalue weighted by Gasteiger charge is 1.99. The van der Waals surface area contributed by atoms with Gasteiger partial charge in [0.25, 0.3) is 0 Å². The van der Waals surface area contributed by atoms with Crippen molar-refractivity contribution in [2.45, 2.75) is 51.4 Å². The van der Waals surface area contributed by atoms with Crippen molar-refractivity contribution in [3.05, 3.63) is 11.8 Å². The van der Waals surface area contributed by atoms with E-state index in [9.17, 15) is 0 Å². The van der Waals surface area contributed by atoms with Gasteiger partial charge < -0.3 is 4.74 Å². The van der Waals surface area contributed by atoms with Gasteiger partial charge in [-0.05, 0) is 25.3 Å². The molecule has 1 aliphatic rings. The van der Waals surface area contributed by atoms with E-state index in [0.717, 1.165) is 6.42 Å². The molecule has 0 fully saturated rings. The summed E-state index contributed by atoms with van der Waals surface area (Å²) in [5, 5.41) is 0. The van der Waals surface area contributed by atoms with Gasteiger partial charge in [-0.1, -0.05) is 25.7 Å². The Bertz CT molecular complexity index is 138. The predicted octanol–water partition coefficient (Wildman–Crippen LogP) is 3.65. The van der Waals surface area contributed by atoms with Gasteiger partial charge in [0.05, 0.1) is 12.9 Å². The summed E-state index contributed by atoms with van der Waals surface area (Å²) in [5.74, 6) is 1.21. The Labute approximate surface area is 75.8 Å². The van der Waals surface area contributed by atoms with E-state index in [1.807, 2.05) is 0 Å². The van der Waals surface area contributed by atoms with Crippen molar-refractivity contribution in [3.63, 3.8) is 0 Å². The first-order chi connectivity index (χ1) is 5.93. The summed E-state index contributed by atoms with van der Waals surface area (Å²) in [7, 11) is 1.79. The van der Waals surface area contributed by atoms with E-state index in [-0.39, 0.29) is 0 Å². The van der Waals surface area contributed by atoms with Crippen LogP contribution in [0.5, 0.6) is 0 Å². The molecule has 0 amide bonds. The molecule has 0 radical (unpaired) electrons. The summed E-state index contributed by atoms with van der Waals surface area (Å²) < 4.78 is 5.28. The molecule has 0 saturated carbocycles. The fourth-order valence-corrected chi connectivity index (χ4v) is 1.70. The Morgan fingerprint density at radius 1 is 1.00 bits per heavy atom. The second kappa shape index (κ2) is 6.10. The molecule has 1 heteroatoms. The van der Waals surface area contributed by atoms with Gasteiger partial charge >= 0.3 is 0 Å². The summed E-state index contributed by atoms with van der Waals surface area (Å²) in [5.41, 5.74) is 0. The van der Waals surface area contributed by atoms with Crippen LogP contribution in [0.3, 0.4) is 0 Å². The first kappa shape index (κ1) is 9.63. The van der Waals surface area contributed by atoms with Crippen LogP contribution in [0, 0.1) is 0 Å². The first-order valence-corrected chi connectivity index (χ1v) is 5.16. The summed E-state index contributed by atoms with van der Waals surface area (Å²) in [6.45, 7) is 0. The van der Waals surface area contributed by atoms with Crippen LogP contribution in [-0.4, -0.2) is 7.11 Å². The molecule has 12 heavy (non-hydrogen) atoms. The molecule has 0 aliphatic heterocycles. The third-order valence-corrected chi connectivity index (χ3v) is 2.51. The van der Waals surface area contributed by atoms with Crippen LogP contribution in [0.2, 0.25) is 0 Å². The Hall–Kier alpha value is -0.460. The summed E-state index contributed by atoms with van der Waals surface area (Å²) >= 11 is 0. The standard InChI is InChI=1S/C11H20O/c1-12-11-9-7-5-3-2-4-6-8-10-11/h9H,2-8,10H2,1H3/b11-9+. The van der Waals surface area contributed by atoms with Gasteiger partial charge in [0.1, 0.15) is 0 Å². The molecule has 0 aromatic rings. The van der Waals surface area contributed by atoms with Crippen LogP contribution in [-0.2, 0) is 4.74 Å². The van der Waals surface area contributed by atoms with E-state index >= 15 is 0 Å². The van der Waals surface area contributed by atoms with Crippen molar-refractivity contribution < 1.29 is 4.74 Å². The fourth-order valence-electron chi connectivity index (χ4n) is 1.70. The van der Waals surface area contributed by atoms with Crippen molar-refractivity contribution >= 4 is 0 Å². The molecule has 0 saturated heterocycles. The SMILES string of the molecule is CO/C1=C/CCCCCCCC1. The van der Waals surface area contributed by atoms with Crippen LogP contribution in [0.1, 0.15) is 51.4 Å². The molecule has 1 rings (SSSR count). The van der Waals surface area contributed by atoms with E-state index in [2.05, 4.69) is 6.08 Å². The van der Waals surface area contributed by atoms with Crippen LogP contribution < -0.4 is 0 Å². The summed E-state index contributed by atoms with van der Waals surface area (Å²) in [6, 6.07) is 0. The topological polar surface area (TPSA) is 9.23 Å². The highest BCUT2D eigenvalue weighted by molar-refractivity contribution is 4.92. The molecule has 0 bridgehead atoms. The second-order valence-corrected chi connectivity index (χ2v) is 3.53. The fraction of sp³-hybridized carbons (Fsp3) is 0.818. The Morgan fingerprint density at radius 3 is 2.42 bits per heavy atom. The van der Waals surface area contributed by atoms with Crippen LogP contribution in [0.15, 0.2) is 11.8 Å². The largest absolute Gasteiger partial charge is 0.501 e. The number of methoxy groups -OCH3 is 1. The maximum absolute atomic E-state index is 5.28. The summed E-state index contributed by atoms with van der Waals surface area (Å²) in [4.78, 5) is 0. The predicted molar refractivity (Wildman–Crippen MR) is 52.0 cm³/mol. The Balaban J connectivity index is 2.32. The third kappa shape index (κ3) is 3.80. The van der Waals surface area contributed by atoms with Gasteiger partial charge in [-0.2, -0.15) is 0 Å². The molecule has 0 spiro atoms. The zero-order chi connectivity index (χ0) is 8.65. The normalized spacial score (nSPS) is 25.6. The average Bonchev–Trinajstić information content (AvgIpc) is 2.14. The highest BCUT2D eigenvalue weighted by atomic mass is 16.5. The average molecular weight is 168 g/mol. The van der Waals surface area contributed by atoms with Crippen molar-refractivity contribution in [3.8, 4) is 0 Å². The van der Waals surface area contributed by atoms with E-state index in [1.165, 1.54) is 50.7 Å². The minimum Gasteiger partial charge on any atom is -0.501 e. The molecule has 0 atom stereocenters. The van der Waals surface area contributed by atoms with E-state index in [1.54, 1.807) is 7.11 Å². The van der Waals surface area contributed by atoms with Gasteiger partial charge in [-0.25, -0.2) is 0 Å². The lowest BCUT2D eigenvalue weighted by atomic mass is 10.0. The number of hydrogen-bond donors (Lipinski definition) is 0. The molecule has 1 nitrogen and oxygen atoms in total. The lowest BCUT2D eigenvalue weighted by molar-refractivity contribution is 0.271. The zero-order valence-electron chi connectivity index (χ0n) is 8.14. The second-order valence-electron chi connectivity index (χ2n) is 3.53. The molecule has 70 valence electrons. The maximum atomic E-state index is 5.28. The van der Waals surface area contributed by atoms with Crippen molar-refractivity contribution in [1.82, 2.24) is 0 Å². The molecule has 1 aliphatic carbocycles. The smallest absolute Gasteiger partial charge is 0.0915 e. The summed E-state index contributed by atoms with van der Waals surface area (Å²) in [6.07, 6.45) is 12.9. The van der Waals surface area contributed by atoms with Crippen molar-refractivity contribution in [2.24, 2.45) is 0 Å². The number of rotatable bonds is 1. The first-order valence-electron chi connectivity index (χ1n) is 5.16. The molecule has 0 aromatic carbocycles. The van der Waals surface area contributed by atoms with E-state index in [4.69, 9.17) is 4.74 Å². The quantitative estimate of drug-likeness (QED) is 0.580. The molecular formula is C11H20O. The van der Waals surface area contributed by atoms with E-state index < -0.39 is 0 Å². The van der Waals surface area contributed by atoms with Crippen molar-refractivity contribution in [1.29, 1.82) is 0 Å². The van der Waals surface area contributed by atoms with Crippen LogP contribution in [0.4, 0.5) is 0 Å². The molecule has 0 aromatic heterocycles. The van der Waals surface area contributed by atoms with Crippen LogP contribution >= 0.6 is 0 Å². The minimum atomic E-state index is 1.15. The zero-order valence-corrected chi connectivity index (χ0v) is 8.14. The van der Waals surface area contributed by atoms with Gasteiger partial charge in [0.2, 0.25) is 0 Å². The molecular weight excluding hydrogens is 148 g/mol. The van der Waals surface area contributed by atoms with Gasteiger partial charge in [0.15, 0.2) is 0 Å². The van der Waals surface area contributed by atoms with Crippen LogP contribution in [0.25, 0.3) is 0 Å². The molecule has 0 heterocycles. The number of allylic oxidation sites excluding steroid dienone is 2. The number of hydrogen-bond acceptors (Lipinski definition) is 1. The van der Waals surface area contributed by atoms with Gasteiger partial charge in [-0.3, -0.25) is 0 Å².